The summed E-state index contributed by atoms with van der Waals surface area (Å²) in [4.78, 5) is 1.90. The zero-order valence-corrected chi connectivity index (χ0v) is 11.5. The van der Waals surface area contributed by atoms with E-state index in [1.54, 1.807) is 0 Å². The van der Waals surface area contributed by atoms with Crippen LogP contribution in [0.25, 0.3) is 0 Å². The zero-order valence-electron chi connectivity index (χ0n) is 10.7. The third kappa shape index (κ3) is 2.44. The molecule has 19 heavy (non-hydrogen) atoms. The van der Waals surface area contributed by atoms with Crippen molar-refractivity contribution in [1.82, 2.24) is 0 Å². The van der Waals surface area contributed by atoms with Gasteiger partial charge in [-0.3, -0.25) is 0 Å². The minimum atomic E-state index is -0.653. The Kier molecular flexibility index (Phi) is 3.41. The molecular formula is C15H16O3S. The lowest BCUT2D eigenvalue weighted by atomic mass is 10.1. The van der Waals surface area contributed by atoms with Gasteiger partial charge in [0, 0.05) is 4.88 Å². The lowest BCUT2D eigenvalue weighted by Crippen LogP contribution is -2.20. The van der Waals surface area contributed by atoms with Gasteiger partial charge in [0.05, 0.1) is 18.1 Å². The Hall–Kier alpha value is -1.20. The highest BCUT2D eigenvalue weighted by molar-refractivity contribution is 7.12. The van der Waals surface area contributed by atoms with E-state index in [9.17, 15) is 5.11 Å². The van der Waals surface area contributed by atoms with Gasteiger partial charge in [-0.2, -0.15) is 0 Å². The summed E-state index contributed by atoms with van der Waals surface area (Å²) in [6.07, 6.45) is -0.593. The molecule has 0 spiro atoms. The van der Waals surface area contributed by atoms with E-state index in [1.165, 1.54) is 11.3 Å². The van der Waals surface area contributed by atoms with E-state index in [2.05, 4.69) is 0 Å². The lowest BCUT2D eigenvalue weighted by Gasteiger charge is -2.20. The van der Waals surface area contributed by atoms with Crippen LogP contribution in [-0.2, 0) is 15.3 Å². The summed E-state index contributed by atoms with van der Waals surface area (Å²) in [6, 6.07) is 13.6. The molecule has 0 aliphatic carbocycles. The van der Waals surface area contributed by atoms with Crippen molar-refractivity contribution in [3.05, 3.63) is 57.8 Å². The smallest absolute Gasteiger partial charge is 0.201 e. The molecule has 3 rings (SSSR count). The first-order chi connectivity index (χ1) is 9.19. The fourth-order valence-corrected chi connectivity index (χ4v) is 3.28. The first-order valence-corrected chi connectivity index (χ1v) is 7.12. The number of thiophene rings is 1. The number of ether oxygens (including phenoxy) is 2. The molecule has 1 fully saturated rings. The molecule has 2 heterocycles. The van der Waals surface area contributed by atoms with E-state index in [-0.39, 0.29) is 0 Å². The summed E-state index contributed by atoms with van der Waals surface area (Å²) in [7, 11) is 0. The van der Waals surface area contributed by atoms with Gasteiger partial charge in [-0.1, -0.05) is 30.3 Å². The van der Waals surface area contributed by atoms with E-state index in [1.807, 2.05) is 49.4 Å². The molecule has 0 radical (unpaired) electrons. The third-order valence-corrected chi connectivity index (χ3v) is 4.62. The van der Waals surface area contributed by atoms with Crippen molar-refractivity contribution in [3.8, 4) is 0 Å². The van der Waals surface area contributed by atoms with E-state index >= 15 is 0 Å². The monoisotopic (exact) mass is 276 g/mol. The topological polar surface area (TPSA) is 38.7 Å². The van der Waals surface area contributed by atoms with Gasteiger partial charge in [-0.15, -0.1) is 11.3 Å². The minimum absolute atomic E-state index is 0.593. The Balaban J connectivity index is 1.85. The second kappa shape index (κ2) is 5.06. The fourth-order valence-electron chi connectivity index (χ4n) is 2.20. The second-order valence-corrected chi connectivity index (χ2v) is 5.77. The second-order valence-electron chi connectivity index (χ2n) is 4.66. The highest BCUT2D eigenvalue weighted by Crippen LogP contribution is 2.38. The number of rotatable bonds is 3. The molecule has 1 atom stereocenters. The van der Waals surface area contributed by atoms with Crippen LogP contribution in [0.5, 0.6) is 0 Å². The number of hydrogen-bond acceptors (Lipinski definition) is 4. The van der Waals surface area contributed by atoms with Crippen LogP contribution in [0, 0.1) is 0 Å². The number of aliphatic hydroxyl groups excluding tert-OH is 1. The maximum Gasteiger partial charge on any atom is 0.201 e. The summed E-state index contributed by atoms with van der Waals surface area (Å²) in [5.74, 6) is -0.653. The van der Waals surface area contributed by atoms with Gasteiger partial charge in [0.25, 0.3) is 0 Å². The molecule has 2 aromatic rings. The van der Waals surface area contributed by atoms with Crippen molar-refractivity contribution < 1.29 is 14.6 Å². The van der Waals surface area contributed by atoms with Crippen LogP contribution in [0.4, 0.5) is 0 Å². The summed E-state index contributed by atoms with van der Waals surface area (Å²) in [5.41, 5.74) is 0.898. The van der Waals surface area contributed by atoms with Gasteiger partial charge in [0.2, 0.25) is 5.79 Å². The normalized spacial score (nSPS) is 19.5. The van der Waals surface area contributed by atoms with Crippen molar-refractivity contribution in [2.75, 3.05) is 13.2 Å². The predicted molar refractivity (Wildman–Crippen MR) is 74.1 cm³/mol. The molecule has 1 aromatic carbocycles. The maximum atomic E-state index is 10.4. The molecule has 1 aliphatic rings. The molecule has 1 N–H and O–H groups in total. The average molecular weight is 276 g/mol. The van der Waals surface area contributed by atoms with Gasteiger partial charge in [-0.05, 0) is 24.6 Å². The Morgan fingerprint density at radius 2 is 1.79 bits per heavy atom. The van der Waals surface area contributed by atoms with Crippen LogP contribution in [0.2, 0.25) is 0 Å². The summed E-state index contributed by atoms with van der Waals surface area (Å²) < 4.78 is 11.3. The summed E-state index contributed by atoms with van der Waals surface area (Å²) in [6.45, 7) is 3.15. The molecule has 1 aliphatic heterocycles. The largest absolute Gasteiger partial charge is 0.383 e. The van der Waals surface area contributed by atoms with Gasteiger partial charge in [-0.25, -0.2) is 0 Å². The molecule has 4 heteroatoms. The first-order valence-electron chi connectivity index (χ1n) is 6.30. The molecule has 0 bridgehead atoms. The highest BCUT2D eigenvalue weighted by Gasteiger charge is 2.35. The number of benzene rings is 1. The highest BCUT2D eigenvalue weighted by atomic mass is 32.1. The van der Waals surface area contributed by atoms with Crippen molar-refractivity contribution >= 4 is 11.3 Å². The zero-order chi connectivity index (χ0) is 13.3. The van der Waals surface area contributed by atoms with Crippen LogP contribution < -0.4 is 0 Å². The average Bonchev–Trinajstić information content (AvgIpc) is 3.08. The van der Waals surface area contributed by atoms with E-state index < -0.39 is 11.9 Å². The summed E-state index contributed by atoms with van der Waals surface area (Å²) >= 11 is 1.53. The van der Waals surface area contributed by atoms with Gasteiger partial charge < -0.3 is 14.6 Å². The van der Waals surface area contributed by atoms with Crippen molar-refractivity contribution in [2.45, 2.75) is 18.8 Å². The molecule has 0 saturated carbocycles. The van der Waals surface area contributed by atoms with Crippen LogP contribution in [0.1, 0.15) is 28.3 Å². The molecule has 0 unspecified atom stereocenters. The van der Waals surface area contributed by atoms with Gasteiger partial charge in [0.15, 0.2) is 0 Å². The Bertz CT molecular complexity index is 544. The third-order valence-electron chi connectivity index (χ3n) is 3.30. The molecule has 100 valence electrons. The first kappa shape index (κ1) is 12.8. The Labute approximate surface area is 116 Å². The lowest BCUT2D eigenvalue weighted by molar-refractivity contribution is -0.146. The molecular weight excluding hydrogens is 260 g/mol. The maximum absolute atomic E-state index is 10.4. The Morgan fingerprint density at radius 3 is 2.47 bits per heavy atom. The Morgan fingerprint density at radius 1 is 1.11 bits per heavy atom. The van der Waals surface area contributed by atoms with Gasteiger partial charge >= 0.3 is 0 Å². The van der Waals surface area contributed by atoms with Crippen LogP contribution in [-0.4, -0.2) is 18.3 Å². The van der Waals surface area contributed by atoms with E-state index in [0.29, 0.717) is 13.2 Å². The number of aliphatic hydroxyl groups is 1. The minimum Gasteiger partial charge on any atom is -0.383 e. The van der Waals surface area contributed by atoms with Crippen LogP contribution >= 0.6 is 11.3 Å². The van der Waals surface area contributed by atoms with Crippen LogP contribution in [0.3, 0.4) is 0 Å². The molecule has 0 amide bonds. The van der Waals surface area contributed by atoms with Crippen LogP contribution in [0.15, 0.2) is 42.5 Å². The quantitative estimate of drug-likeness (QED) is 0.936. The van der Waals surface area contributed by atoms with E-state index in [4.69, 9.17) is 9.47 Å². The van der Waals surface area contributed by atoms with Crippen molar-refractivity contribution in [2.24, 2.45) is 0 Å². The molecule has 1 saturated heterocycles. The van der Waals surface area contributed by atoms with Crippen molar-refractivity contribution in [1.29, 1.82) is 0 Å². The standard InChI is InChI=1S/C15H16O3S/c1-15(17-9-10-18-15)13-8-7-12(19-13)14(16)11-5-3-2-4-6-11/h2-8,14,16H,9-10H2,1H3/t14-/m1/s1. The molecule has 3 nitrogen and oxygen atoms in total. The number of hydrogen-bond donors (Lipinski definition) is 1. The summed E-state index contributed by atoms with van der Waals surface area (Å²) in [5, 5.41) is 10.4. The molecule has 1 aromatic heterocycles. The predicted octanol–water partition coefficient (Wildman–Crippen LogP) is 3.05. The van der Waals surface area contributed by atoms with E-state index in [0.717, 1.165) is 15.3 Å². The van der Waals surface area contributed by atoms with Gasteiger partial charge in [0.1, 0.15) is 6.10 Å². The SMILES string of the molecule is CC1(c2ccc([C@H](O)c3ccccc3)s2)OCCO1. The van der Waals surface area contributed by atoms with Crippen molar-refractivity contribution in [3.63, 3.8) is 0 Å². The fraction of sp³-hybridized carbons (Fsp3) is 0.333.